The van der Waals surface area contributed by atoms with Gasteiger partial charge in [0.2, 0.25) is 20.0 Å². The first-order valence-corrected chi connectivity index (χ1v) is 28.0. The van der Waals surface area contributed by atoms with Gasteiger partial charge in [0, 0.05) is 86.9 Å². The number of Topliss-reactive ketones (excluding diaryl/α,β-unsaturated/α-hetero) is 2. The van der Waals surface area contributed by atoms with E-state index in [0.29, 0.717) is 24.2 Å². The van der Waals surface area contributed by atoms with Crippen molar-refractivity contribution in [1.29, 1.82) is 0 Å². The molecule has 6 aliphatic rings. The van der Waals surface area contributed by atoms with E-state index in [1.165, 1.54) is 12.1 Å². The van der Waals surface area contributed by atoms with E-state index in [1.807, 2.05) is 0 Å². The number of carbonyl (C=O) groups is 2. The molecule has 4 atom stereocenters. The van der Waals surface area contributed by atoms with Crippen molar-refractivity contribution in [3.63, 3.8) is 0 Å². The Bertz CT molecular complexity index is 2980. The molecule has 12 nitrogen and oxygen atoms in total. The van der Waals surface area contributed by atoms with Gasteiger partial charge in [-0.1, -0.05) is 0 Å². The number of nitrogens with zero attached hydrogens (tertiary/aromatic N) is 5. The van der Waals surface area contributed by atoms with Crippen LogP contribution < -0.4 is 10.2 Å². The summed E-state index contributed by atoms with van der Waals surface area (Å²) in [5, 5.41) is 3.08. The first-order chi connectivity index (χ1) is 35.3. The summed E-state index contributed by atoms with van der Waals surface area (Å²) in [5.41, 5.74) is -0.494. The third-order valence-electron chi connectivity index (χ3n) is 15.0. The Hall–Kier alpha value is -4.27. The number of hydrogen-bond acceptors (Lipinski definition) is 10. The fourth-order valence-corrected chi connectivity index (χ4v) is 14.0. The molecule has 6 heterocycles. The van der Waals surface area contributed by atoms with Gasteiger partial charge in [0.25, 0.3) is 11.8 Å². The molecule has 1 N–H and O–H groups in total. The zero-order valence-corrected chi connectivity index (χ0v) is 44.6. The molecule has 0 amide bonds. The molecule has 26 heteroatoms. The molecule has 2 spiro atoms. The maximum atomic E-state index is 14.5. The number of alkyl halides is 6. The van der Waals surface area contributed by atoms with E-state index in [0.717, 1.165) is 82.6 Å². The summed E-state index contributed by atoms with van der Waals surface area (Å²) in [6.07, 6.45) is 0.389. The van der Waals surface area contributed by atoms with Gasteiger partial charge < -0.3 is 10.2 Å². The molecule has 6 fully saturated rings. The van der Waals surface area contributed by atoms with Crippen molar-refractivity contribution < 1.29 is 70.3 Å². The molecule has 4 aromatic rings. The molecule has 0 radical (unpaired) electrons. The van der Waals surface area contributed by atoms with E-state index < -0.39 is 115 Å². The van der Waals surface area contributed by atoms with E-state index >= 15 is 0 Å². The Morgan fingerprint density at radius 3 is 1.42 bits per heavy atom. The Labute approximate surface area is 448 Å². The van der Waals surface area contributed by atoms with Gasteiger partial charge in [0.05, 0.1) is 44.4 Å². The van der Waals surface area contributed by atoms with Crippen LogP contribution in [0.15, 0.2) is 87.3 Å². The second kappa shape index (κ2) is 23.2. The predicted molar refractivity (Wildman–Crippen MR) is 265 cm³/mol. The van der Waals surface area contributed by atoms with Gasteiger partial charge in [0.1, 0.15) is 24.0 Å². The third-order valence-corrected chi connectivity index (χ3v) is 19.4. The quantitative estimate of drug-likeness (QED) is 0.128. The van der Waals surface area contributed by atoms with Crippen LogP contribution in [0.3, 0.4) is 0 Å². The van der Waals surface area contributed by atoms with E-state index in [1.54, 1.807) is 4.90 Å². The van der Waals surface area contributed by atoms with E-state index in [2.05, 4.69) is 31.2 Å². The van der Waals surface area contributed by atoms with Crippen molar-refractivity contribution in [2.45, 2.75) is 123 Å². The van der Waals surface area contributed by atoms with Gasteiger partial charge in [-0.15, -0.1) is 12.4 Å². The highest BCUT2D eigenvalue weighted by Gasteiger charge is 2.71. The number of rotatable bonds is 13. The number of sulfonamides is 2. The Balaban J connectivity index is 0.000000189. The predicted octanol–water partition coefficient (Wildman–Crippen LogP) is 9.53. The summed E-state index contributed by atoms with van der Waals surface area (Å²) >= 11 is 3.03. The number of anilines is 1. The van der Waals surface area contributed by atoms with Crippen LogP contribution in [-0.2, 0) is 42.5 Å². The fraction of sp³-hybridized carbons (Fsp3) is 0.520. The molecular weight excluding hydrogens is 1150 g/mol. The molecule has 2 saturated carbocycles. The molecular formula is C50H54BrClF10N6O6S2. The van der Waals surface area contributed by atoms with Crippen LogP contribution in [0, 0.1) is 34.1 Å². The van der Waals surface area contributed by atoms with E-state index in [4.69, 9.17) is 0 Å². The minimum atomic E-state index is -4.22. The van der Waals surface area contributed by atoms with Gasteiger partial charge in [-0.3, -0.25) is 19.6 Å². The molecule has 2 aliphatic carbocycles. The number of aromatic nitrogens is 2. The summed E-state index contributed by atoms with van der Waals surface area (Å²) in [5.74, 6) is -8.30. The monoisotopic (exact) mass is 1200 g/mol. The fourth-order valence-electron chi connectivity index (χ4n) is 10.3. The number of benzene rings is 2. The number of nitrogens with one attached hydrogen (secondary N) is 1. The van der Waals surface area contributed by atoms with Gasteiger partial charge in [-0.2, -0.15) is 8.61 Å². The molecule has 76 heavy (non-hydrogen) atoms. The molecule has 10 rings (SSSR count). The lowest BCUT2D eigenvalue weighted by molar-refractivity contribution is -0.122. The van der Waals surface area contributed by atoms with Gasteiger partial charge in [-0.05, 0) is 128 Å². The van der Waals surface area contributed by atoms with Crippen molar-refractivity contribution in [1.82, 2.24) is 23.9 Å². The lowest BCUT2D eigenvalue weighted by Crippen LogP contribution is -2.40. The summed E-state index contributed by atoms with van der Waals surface area (Å²) < 4.78 is 188. The molecule has 2 aromatic carbocycles. The molecule has 4 saturated heterocycles. The highest BCUT2D eigenvalue weighted by molar-refractivity contribution is 9.10. The highest BCUT2D eigenvalue weighted by atomic mass is 79.9. The second-order valence-electron chi connectivity index (χ2n) is 20.0. The highest BCUT2D eigenvalue weighted by Crippen LogP contribution is 2.66. The third kappa shape index (κ3) is 12.9. The topological polar surface area (TPSA) is 150 Å². The normalized spacial score (nSPS) is 24.2. The Morgan fingerprint density at radius 2 is 1.03 bits per heavy atom. The van der Waals surface area contributed by atoms with Crippen LogP contribution in [0.4, 0.5) is 49.6 Å². The number of pyridine rings is 2. The number of hydrogen-bond donors (Lipinski definition) is 1. The van der Waals surface area contributed by atoms with Gasteiger partial charge >= 0.3 is 0 Å². The smallest absolute Gasteiger partial charge is 0.254 e. The van der Waals surface area contributed by atoms with Gasteiger partial charge in [0.15, 0.2) is 23.2 Å². The first-order valence-electron chi connectivity index (χ1n) is 24.3. The zero-order valence-electron chi connectivity index (χ0n) is 40.5. The Kier molecular flexibility index (Phi) is 18.1. The molecule has 4 aliphatic heterocycles. The first kappa shape index (κ1) is 59.4. The van der Waals surface area contributed by atoms with Gasteiger partial charge in [-0.25, -0.2) is 60.7 Å². The van der Waals surface area contributed by atoms with Crippen LogP contribution in [-0.4, -0.2) is 123 Å². The molecule has 0 bridgehead atoms. The Morgan fingerprint density at radius 1 is 0.632 bits per heavy atom. The van der Waals surface area contributed by atoms with Crippen LogP contribution >= 0.6 is 28.3 Å². The molecule has 2 aromatic heterocycles. The van der Waals surface area contributed by atoms with E-state index in [-0.39, 0.29) is 110 Å². The van der Waals surface area contributed by atoms with Crippen LogP contribution in [0.5, 0.6) is 0 Å². The maximum Gasteiger partial charge on any atom is 0.254 e. The summed E-state index contributed by atoms with van der Waals surface area (Å²) in [4.78, 5) is 34.7. The van der Waals surface area contributed by atoms with Crippen LogP contribution in [0.1, 0.15) is 75.6 Å². The average Bonchev–Trinajstić information content (AvgIpc) is 3.83. The summed E-state index contributed by atoms with van der Waals surface area (Å²) in [6, 6.07) is 8.77. The minimum absolute atomic E-state index is 0. The van der Waals surface area contributed by atoms with E-state index in [9.17, 15) is 70.3 Å². The standard InChI is InChI=1S/C25H26F5N3O3S.C18H16BrF3N2O3S.C7H11F2N.ClH/c26-16-1-4-19(5-2-16)37(35,36)33-14-17(27)11-22(33)23(34)6-3-18-12-21(20(28)13-31-18)32-9-7-24(8-10-32)15-25(24,29)30;19-15-8-13(23-9-16(15)22)3-6-18(25)17-7-12(21)10-24(17)28(26,27)14-4-1-11(20)2-5-14;8-7(9)5-6(7)1-3-10-4-2-6;/h1-2,4-5,12-13,17,22H,3,6-11,14-15H2;1-2,4-5,8-9,12,17H,3,6-7,10H2;10H,1-5H2;1H/t17-,22+;12-,17+;;/m11../s1. The van der Waals surface area contributed by atoms with Crippen LogP contribution in [0.25, 0.3) is 0 Å². The lowest BCUT2D eigenvalue weighted by Gasteiger charge is -2.34. The molecule has 0 unspecified atom stereocenters. The number of halogens is 12. The summed E-state index contributed by atoms with van der Waals surface area (Å²) in [6.45, 7) is 1.20. The number of aryl methyl sites for hydroxylation is 2. The largest absolute Gasteiger partial charge is 0.369 e. The zero-order chi connectivity index (χ0) is 54.3. The summed E-state index contributed by atoms with van der Waals surface area (Å²) in [7, 11) is -8.37. The van der Waals surface area contributed by atoms with Crippen molar-refractivity contribution in [2.24, 2.45) is 10.8 Å². The van der Waals surface area contributed by atoms with Crippen molar-refractivity contribution in [2.75, 3.05) is 44.2 Å². The number of piperidine rings is 2. The van der Waals surface area contributed by atoms with Crippen molar-refractivity contribution in [3.8, 4) is 0 Å². The number of carbonyl (C=O) groups excluding carboxylic acids is 2. The molecule has 416 valence electrons. The minimum Gasteiger partial charge on any atom is -0.369 e. The van der Waals surface area contributed by atoms with Crippen molar-refractivity contribution in [3.05, 3.63) is 112 Å². The average molecular weight is 1200 g/mol. The van der Waals surface area contributed by atoms with Crippen molar-refractivity contribution >= 4 is 65.6 Å². The lowest BCUT2D eigenvalue weighted by atomic mass is 9.92. The number of ketones is 2. The second-order valence-corrected chi connectivity index (χ2v) is 24.6. The maximum absolute atomic E-state index is 14.5. The van der Waals surface area contributed by atoms with Crippen LogP contribution in [0.2, 0.25) is 0 Å². The SMILES string of the molecule is Cl.FC1(F)CC12CCNCC2.O=C(CCc1cc(Br)c(F)cn1)[C@@H]1C[C@@H](F)CN1S(=O)(=O)c1ccc(F)cc1.O=C(CCc1cc(N2CCC3(CC2)CC3(F)F)c(F)cn1)[C@@H]1C[C@@H](F)CN1S(=O)(=O)c1ccc(F)cc1.